The summed E-state index contributed by atoms with van der Waals surface area (Å²) in [6, 6.07) is 16.8. The topological polar surface area (TPSA) is 43.9 Å². The summed E-state index contributed by atoms with van der Waals surface area (Å²) in [5.74, 6) is 0.952. The van der Waals surface area contributed by atoms with Gasteiger partial charge in [0.15, 0.2) is 11.6 Å². The molecule has 7 heteroatoms. The maximum atomic E-state index is 13.2. The number of hydrogen-bond donors (Lipinski definition) is 0. The number of aromatic nitrogens is 3. The second kappa shape index (κ2) is 6.48. The fourth-order valence-electron chi connectivity index (χ4n) is 3.41. The number of rotatable bonds is 3. The van der Waals surface area contributed by atoms with Gasteiger partial charge in [0, 0.05) is 24.3 Å². The number of halogens is 3. The van der Waals surface area contributed by atoms with Gasteiger partial charge in [0.05, 0.1) is 16.6 Å². The zero-order valence-corrected chi connectivity index (χ0v) is 15.0. The van der Waals surface area contributed by atoms with E-state index in [1.165, 1.54) is 6.07 Å². The van der Waals surface area contributed by atoms with Crippen molar-refractivity contribution in [3.05, 3.63) is 84.2 Å². The average molecular weight is 393 g/mol. The highest BCUT2D eigenvalue weighted by Crippen LogP contribution is 2.34. The van der Waals surface area contributed by atoms with E-state index < -0.39 is 11.7 Å². The maximum absolute atomic E-state index is 13.2. The van der Waals surface area contributed by atoms with Crippen molar-refractivity contribution in [3.63, 3.8) is 0 Å². The number of imidazole rings is 1. The lowest BCUT2D eigenvalue weighted by Crippen LogP contribution is -2.05. The van der Waals surface area contributed by atoms with Gasteiger partial charge in [-0.2, -0.15) is 13.2 Å². The molecule has 0 spiro atoms. The Kier molecular flexibility index (Phi) is 3.91. The van der Waals surface area contributed by atoms with Gasteiger partial charge in [-0.3, -0.25) is 4.98 Å². The van der Waals surface area contributed by atoms with Gasteiger partial charge in [-0.1, -0.05) is 30.3 Å². The Balaban J connectivity index is 1.72. The fourth-order valence-corrected chi connectivity index (χ4v) is 3.41. The summed E-state index contributed by atoms with van der Waals surface area (Å²) in [5, 5.41) is 0.803. The third kappa shape index (κ3) is 3.14. The highest BCUT2D eigenvalue weighted by Gasteiger charge is 2.31. The molecule has 5 aromatic rings. The van der Waals surface area contributed by atoms with Crippen LogP contribution in [0, 0.1) is 0 Å². The van der Waals surface area contributed by atoms with E-state index >= 15 is 0 Å². The van der Waals surface area contributed by atoms with Crippen LogP contribution in [0.4, 0.5) is 13.2 Å². The largest absolute Gasteiger partial charge is 0.453 e. The minimum absolute atomic E-state index is 0.268. The molecule has 5 rings (SSSR count). The predicted molar refractivity (Wildman–Crippen MR) is 103 cm³/mol. The summed E-state index contributed by atoms with van der Waals surface area (Å²) in [6.45, 7) is 0.452. The fraction of sp³-hybridized carbons (Fsp3) is 0.0909. The van der Waals surface area contributed by atoms with Gasteiger partial charge < -0.3 is 8.98 Å². The lowest BCUT2D eigenvalue weighted by Gasteiger charge is -2.09. The summed E-state index contributed by atoms with van der Waals surface area (Å²) in [5.41, 5.74) is 1.80. The molecule has 2 aromatic carbocycles. The highest BCUT2D eigenvalue weighted by atomic mass is 19.4. The van der Waals surface area contributed by atoms with Gasteiger partial charge in [0.25, 0.3) is 0 Å². The van der Waals surface area contributed by atoms with Gasteiger partial charge >= 0.3 is 6.18 Å². The molecule has 3 heterocycles. The van der Waals surface area contributed by atoms with E-state index in [0.717, 1.165) is 23.1 Å². The molecule has 0 unspecified atom stereocenters. The van der Waals surface area contributed by atoms with Crippen molar-refractivity contribution < 1.29 is 17.6 Å². The first kappa shape index (κ1) is 17.5. The van der Waals surface area contributed by atoms with Crippen LogP contribution in [-0.4, -0.2) is 14.5 Å². The summed E-state index contributed by atoms with van der Waals surface area (Å²) < 4.78 is 47.3. The number of benzene rings is 2. The van der Waals surface area contributed by atoms with E-state index in [-0.39, 0.29) is 5.52 Å². The first-order chi connectivity index (χ1) is 14.0. The van der Waals surface area contributed by atoms with Crippen molar-refractivity contribution in [1.82, 2.24) is 14.5 Å². The first-order valence-electron chi connectivity index (χ1n) is 8.94. The van der Waals surface area contributed by atoms with E-state index in [2.05, 4.69) is 9.97 Å². The standard InChI is InChI=1S/C22H14F3N3O/c23-22(24,25)16-6-7-18-17(11-16)27-21(28(18)13-14-4-2-1-3-5-14)20-10-15-12-26-9-8-19(15)29-20/h1-12H,13H2. The molecule has 0 saturated carbocycles. The molecule has 144 valence electrons. The number of alkyl halides is 3. The van der Waals surface area contributed by atoms with Gasteiger partial charge in [-0.15, -0.1) is 0 Å². The maximum Gasteiger partial charge on any atom is 0.416 e. The van der Waals surface area contributed by atoms with Gasteiger partial charge in [0.1, 0.15) is 5.58 Å². The van der Waals surface area contributed by atoms with Crippen molar-refractivity contribution in [2.75, 3.05) is 0 Å². The van der Waals surface area contributed by atoms with Crippen molar-refractivity contribution in [2.24, 2.45) is 0 Å². The number of furan rings is 1. The summed E-state index contributed by atoms with van der Waals surface area (Å²) in [4.78, 5) is 8.58. The summed E-state index contributed by atoms with van der Waals surface area (Å²) >= 11 is 0. The van der Waals surface area contributed by atoms with Gasteiger partial charge in [-0.25, -0.2) is 4.98 Å². The average Bonchev–Trinajstić information content (AvgIpc) is 3.29. The normalized spacial score (nSPS) is 12.1. The second-order valence-corrected chi connectivity index (χ2v) is 6.73. The smallest absolute Gasteiger partial charge is 0.416 e. The summed E-state index contributed by atoms with van der Waals surface area (Å²) in [7, 11) is 0. The first-order valence-corrected chi connectivity index (χ1v) is 8.94. The molecular formula is C22H14F3N3O. The number of hydrogen-bond acceptors (Lipinski definition) is 3. The van der Waals surface area contributed by atoms with Crippen LogP contribution in [0.25, 0.3) is 33.6 Å². The molecule has 29 heavy (non-hydrogen) atoms. The Hall–Kier alpha value is -3.61. The van der Waals surface area contributed by atoms with Crippen molar-refractivity contribution in [3.8, 4) is 11.6 Å². The minimum Gasteiger partial charge on any atom is -0.453 e. The molecule has 0 aliphatic heterocycles. The number of fused-ring (bicyclic) bond motifs is 2. The molecule has 3 aromatic heterocycles. The van der Waals surface area contributed by atoms with E-state index in [9.17, 15) is 13.2 Å². The molecule has 0 aliphatic rings. The van der Waals surface area contributed by atoms with Crippen molar-refractivity contribution in [2.45, 2.75) is 12.7 Å². The lowest BCUT2D eigenvalue weighted by atomic mass is 10.2. The van der Waals surface area contributed by atoms with Crippen LogP contribution >= 0.6 is 0 Å². The number of pyridine rings is 1. The van der Waals surface area contributed by atoms with E-state index in [1.807, 2.05) is 34.9 Å². The minimum atomic E-state index is -4.43. The van der Waals surface area contributed by atoms with Crippen LogP contribution in [0.3, 0.4) is 0 Å². The van der Waals surface area contributed by atoms with Crippen LogP contribution in [-0.2, 0) is 12.7 Å². The molecule has 0 amide bonds. The van der Waals surface area contributed by atoms with Gasteiger partial charge in [0.2, 0.25) is 0 Å². The molecule has 0 aliphatic carbocycles. The molecule has 0 radical (unpaired) electrons. The molecule has 0 saturated heterocycles. The van der Waals surface area contributed by atoms with E-state index in [1.54, 1.807) is 24.5 Å². The monoisotopic (exact) mass is 393 g/mol. The third-order valence-corrected chi connectivity index (χ3v) is 4.80. The van der Waals surface area contributed by atoms with Crippen LogP contribution < -0.4 is 0 Å². The van der Waals surface area contributed by atoms with E-state index in [4.69, 9.17) is 4.42 Å². The lowest BCUT2D eigenvalue weighted by molar-refractivity contribution is -0.137. The second-order valence-electron chi connectivity index (χ2n) is 6.73. The van der Waals surface area contributed by atoms with Crippen LogP contribution in [0.15, 0.2) is 77.5 Å². The van der Waals surface area contributed by atoms with E-state index in [0.29, 0.717) is 29.2 Å². The SMILES string of the molecule is FC(F)(F)c1ccc2c(c1)nc(-c1cc3cnccc3o1)n2Cc1ccccc1. The Labute approximate surface area is 163 Å². The van der Waals surface area contributed by atoms with Gasteiger partial charge in [-0.05, 0) is 35.9 Å². The third-order valence-electron chi connectivity index (χ3n) is 4.80. The molecule has 0 fully saturated rings. The summed E-state index contributed by atoms with van der Waals surface area (Å²) in [6.07, 6.45) is -1.13. The Morgan fingerprint density at radius 2 is 1.79 bits per heavy atom. The zero-order valence-electron chi connectivity index (χ0n) is 15.0. The van der Waals surface area contributed by atoms with Crippen LogP contribution in [0.2, 0.25) is 0 Å². The Bertz CT molecular complexity index is 1290. The quantitative estimate of drug-likeness (QED) is 0.383. The van der Waals surface area contributed by atoms with Crippen molar-refractivity contribution >= 4 is 22.0 Å². The molecule has 4 nitrogen and oxygen atoms in total. The Morgan fingerprint density at radius 1 is 0.966 bits per heavy atom. The molecule has 0 bridgehead atoms. The van der Waals surface area contributed by atoms with Crippen LogP contribution in [0.5, 0.6) is 0 Å². The van der Waals surface area contributed by atoms with Crippen molar-refractivity contribution in [1.29, 1.82) is 0 Å². The Morgan fingerprint density at radius 3 is 2.55 bits per heavy atom. The molecular weight excluding hydrogens is 379 g/mol. The van der Waals surface area contributed by atoms with Crippen LogP contribution in [0.1, 0.15) is 11.1 Å². The molecule has 0 N–H and O–H groups in total. The number of nitrogens with zero attached hydrogens (tertiary/aromatic N) is 3. The predicted octanol–water partition coefficient (Wildman–Crippen LogP) is 5.91. The molecule has 0 atom stereocenters. The zero-order chi connectivity index (χ0) is 20.0. The highest BCUT2D eigenvalue weighted by molar-refractivity contribution is 5.85.